The van der Waals surface area contributed by atoms with E-state index >= 15 is 0 Å². The number of aromatic nitrogens is 1. The number of carbonyl (C=O) groups excluding carboxylic acids is 2. The zero-order valence-electron chi connectivity index (χ0n) is 16.4. The maximum atomic E-state index is 12.3. The van der Waals surface area contributed by atoms with Gasteiger partial charge in [0.15, 0.2) is 5.13 Å². The van der Waals surface area contributed by atoms with E-state index in [1.807, 2.05) is 19.2 Å². The second kappa shape index (κ2) is 10.1. The predicted octanol–water partition coefficient (Wildman–Crippen LogP) is 3.37. The minimum atomic E-state index is -0.0921. The van der Waals surface area contributed by atoms with E-state index in [-0.39, 0.29) is 24.2 Å². The number of rotatable bonds is 8. The van der Waals surface area contributed by atoms with Crippen molar-refractivity contribution in [3.8, 4) is 0 Å². The Balaban J connectivity index is 1.40. The van der Waals surface area contributed by atoms with Gasteiger partial charge in [-0.2, -0.15) is 0 Å². The van der Waals surface area contributed by atoms with Crippen molar-refractivity contribution in [3.63, 3.8) is 0 Å². The Morgan fingerprint density at radius 1 is 1.36 bits per heavy atom. The van der Waals surface area contributed by atoms with E-state index in [9.17, 15) is 9.59 Å². The van der Waals surface area contributed by atoms with E-state index in [4.69, 9.17) is 0 Å². The number of nitrogens with zero attached hydrogens (tertiary/aromatic N) is 2. The molecule has 1 aliphatic heterocycles. The maximum absolute atomic E-state index is 12.3. The summed E-state index contributed by atoms with van der Waals surface area (Å²) < 4.78 is 0. The molecule has 2 aromatic rings. The van der Waals surface area contributed by atoms with Crippen LogP contribution in [0.4, 0.5) is 5.13 Å². The fourth-order valence-electron chi connectivity index (χ4n) is 3.26. The van der Waals surface area contributed by atoms with Crippen LogP contribution in [-0.2, 0) is 22.6 Å². The fraction of sp³-hybridized carbons (Fsp3) is 0.550. The summed E-state index contributed by atoms with van der Waals surface area (Å²) in [5.41, 5.74) is 0.699. The Bertz CT molecular complexity index is 773. The topological polar surface area (TPSA) is 74.3 Å². The normalized spacial score (nSPS) is 17.6. The number of likely N-dealkylation sites (tertiary alicyclic amines) is 1. The fourth-order valence-corrected chi connectivity index (χ4v) is 4.72. The van der Waals surface area contributed by atoms with Crippen LogP contribution in [-0.4, -0.2) is 41.3 Å². The summed E-state index contributed by atoms with van der Waals surface area (Å²) in [6.45, 7) is 7.55. The molecule has 0 spiro atoms. The standard InChI is InChI=1S/C20H28N4O2S2/c1-14(2)19(26)23-20-22-16(13-28-20)9-18(25)21-10-15-5-3-7-24(11-15)12-17-6-4-8-27-17/h4,6,8,13-15H,3,5,7,9-12H2,1-2H3,(H,21,25)(H,22,23,26). The summed E-state index contributed by atoms with van der Waals surface area (Å²) >= 11 is 3.16. The molecule has 0 saturated carbocycles. The first kappa shape index (κ1) is 21.0. The summed E-state index contributed by atoms with van der Waals surface area (Å²) in [5, 5.41) is 10.3. The average Bonchev–Trinajstić information content (AvgIpc) is 3.32. The summed E-state index contributed by atoms with van der Waals surface area (Å²) in [5.74, 6) is 0.330. The van der Waals surface area contributed by atoms with Gasteiger partial charge in [-0.15, -0.1) is 22.7 Å². The van der Waals surface area contributed by atoms with Crippen molar-refractivity contribution in [1.82, 2.24) is 15.2 Å². The third-order valence-electron chi connectivity index (χ3n) is 4.80. The van der Waals surface area contributed by atoms with Crippen molar-refractivity contribution >= 4 is 39.6 Å². The molecule has 0 radical (unpaired) electrons. The third-order valence-corrected chi connectivity index (χ3v) is 6.47. The molecular formula is C20H28N4O2S2. The lowest BCUT2D eigenvalue weighted by atomic mass is 9.98. The number of anilines is 1. The van der Waals surface area contributed by atoms with Gasteiger partial charge in [0.2, 0.25) is 11.8 Å². The van der Waals surface area contributed by atoms with Gasteiger partial charge >= 0.3 is 0 Å². The highest BCUT2D eigenvalue weighted by Crippen LogP contribution is 2.20. The Kier molecular flexibility index (Phi) is 7.58. The van der Waals surface area contributed by atoms with E-state index in [0.29, 0.717) is 23.3 Å². The Labute approximate surface area is 174 Å². The van der Waals surface area contributed by atoms with E-state index in [2.05, 4.69) is 38.0 Å². The van der Waals surface area contributed by atoms with Crippen LogP contribution >= 0.6 is 22.7 Å². The summed E-state index contributed by atoms with van der Waals surface area (Å²) in [4.78, 5) is 32.2. The lowest BCUT2D eigenvalue weighted by Crippen LogP contribution is -2.40. The van der Waals surface area contributed by atoms with Crippen LogP contribution in [0.2, 0.25) is 0 Å². The Morgan fingerprint density at radius 2 is 2.21 bits per heavy atom. The third kappa shape index (κ3) is 6.39. The zero-order valence-corrected chi connectivity index (χ0v) is 18.1. The van der Waals surface area contributed by atoms with E-state index in [0.717, 1.165) is 26.1 Å². The van der Waals surface area contributed by atoms with E-state index < -0.39 is 0 Å². The van der Waals surface area contributed by atoms with Gasteiger partial charge in [-0.05, 0) is 36.8 Å². The van der Waals surface area contributed by atoms with Gasteiger partial charge in [-0.25, -0.2) is 4.98 Å². The molecule has 0 aliphatic carbocycles. The number of amides is 2. The van der Waals surface area contributed by atoms with Crippen molar-refractivity contribution < 1.29 is 9.59 Å². The number of carbonyl (C=O) groups is 2. The molecule has 3 rings (SSSR count). The van der Waals surface area contributed by atoms with E-state index in [1.165, 1.54) is 22.6 Å². The van der Waals surface area contributed by atoms with Crippen LogP contribution in [0.1, 0.15) is 37.3 Å². The van der Waals surface area contributed by atoms with Crippen LogP contribution in [0.3, 0.4) is 0 Å². The number of hydrogen-bond donors (Lipinski definition) is 2. The number of piperidine rings is 1. The molecule has 28 heavy (non-hydrogen) atoms. The molecule has 0 bridgehead atoms. The van der Waals surface area contributed by atoms with Crippen LogP contribution < -0.4 is 10.6 Å². The van der Waals surface area contributed by atoms with Gasteiger partial charge in [0.1, 0.15) is 0 Å². The molecule has 1 unspecified atom stereocenters. The number of hydrogen-bond acceptors (Lipinski definition) is 6. The van der Waals surface area contributed by atoms with Crippen molar-refractivity contribution in [2.45, 2.75) is 39.7 Å². The monoisotopic (exact) mass is 420 g/mol. The van der Waals surface area contributed by atoms with Crippen molar-refractivity contribution in [3.05, 3.63) is 33.5 Å². The van der Waals surface area contributed by atoms with Crippen molar-refractivity contribution in [2.24, 2.45) is 11.8 Å². The zero-order chi connectivity index (χ0) is 19.9. The molecule has 152 valence electrons. The lowest BCUT2D eigenvalue weighted by Gasteiger charge is -2.32. The van der Waals surface area contributed by atoms with Crippen LogP contribution in [0, 0.1) is 11.8 Å². The van der Waals surface area contributed by atoms with Gasteiger partial charge < -0.3 is 10.6 Å². The van der Waals surface area contributed by atoms with Gasteiger partial charge in [-0.3, -0.25) is 14.5 Å². The predicted molar refractivity (Wildman–Crippen MR) is 115 cm³/mol. The van der Waals surface area contributed by atoms with Gasteiger partial charge in [0, 0.05) is 35.8 Å². The summed E-state index contributed by atoms with van der Waals surface area (Å²) in [6.07, 6.45) is 2.58. The number of nitrogens with one attached hydrogen (secondary N) is 2. The number of thiazole rings is 1. The van der Waals surface area contributed by atoms with Gasteiger partial charge in [-0.1, -0.05) is 19.9 Å². The first-order chi connectivity index (χ1) is 13.5. The highest BCUT2D eigenvalue weighted by molar-refractivity contribution is 7.14. The molecule has 1 saturated heterocycles. The lowest BCUT2D eigenvalue weighted by molar-refractivity contribution is -0.121. The molecule has 1 aliphatic rings. The Morgan fingerprint density at radius 3 is 2.96 bits per heavy atom. The molecule has 2 aromatic heterocycles. The molecule has 2 amide bonds. The second-order valence-electron chi connectivity index (χ2n) is 7.59. The second-order valence-corrected chi connectivity index (χ2v) is 9.48. The average molecular weight is 421 g/mol. The summed E-state index contributed by atoms with van der Waals surface area (Å²) in [7, 11) is 0. The molecule has 6 nitrogen and oxygen atoms in total. The smallest absolute Gasteiger partial charge is 0.228 e. The van der Waals surface area contributed by atoms with Gasteiger partial charge in [0.25, 0.3) is 0 Å². The quantitative estimate of drug-likeness (QED) is 0.687. The molecule has 2 N–H and O–H groups in total. The SMILES string of the molecule is CC(C)C(=O)Nc1nc(CC(=O)NCC2CCCN(Cc3cccs3)C2)cs1. The van der Waals surface area contributed by atoms with Crippen molar-refractivity contribution in [1.29, 1.82) is 0 Å². The molecule has 8 heteroatoms. The van der Waals surface area contributed by atoms with Crippen LogP contribution in [0.25, 0.3) is 0 Å². The molecule has 1 atom stereocenters. The minimum Gasteiger partial charge on any atom is -0.355 e. The maximum Gasteiger partial charge on any atom is 0.228 e. The van der Waals surface area contributed by atoms with E-state index in [1.54, 1.807) is 11.3 Å². The molecule has 0 aromatic carbocycles. The largest absolute Gasteiger partial charge is 0.355 e. The van der Waals surface area contributed by atoms with Crippen LogP contribution in [0.15, 0.2) is 22.9 Å². The van der Waals surface area contributed by atoms with Crippen molar-refractivity contribution in [2.75, 3.05) is 25.0 Å². The molecule has 3 heterocycles. The summed E-state index contributed by atoms with van der Waals surface area (Å²) in [6, 6.07) is 4.28. The number of thiophene rings is 1. The highest BCUT2D eigenvalue weighted by atomic mass is 32.1. The van der Waals surface area contributed by atoms with Gasteiger partial charge in [0.05, 0.1) is 12.1 Å². The van der Waals surface area contributed by atoms with Crippen LogP contribution in [0.5, 0.6) is 0 Å². The molecule has 1 fully saturated rings. The first-order valence-corrected chi connectivity index (χ1v) is 11.5. The molecular weight excluding hydrogens is 392 g/mol. The Hall–Kier alpha value is -1.77. The highest BCUT2D eigenvalue weighted by Gasteiger charge is 2.21. The first-order valence-electron chi connectivity index (χ1n) is 9.76. The minimum absolute atomic E-state index is 0.0117.